The van der Waals surface area contributed by atoms with Crippen LogP contribution in [0.2, 0.25) is 0 Å². The summed E-state index contributed by atoms with van der Waals surface area (Å²) in [7, 11) is 1.76. The molecule has 1 N–H and O–H groups in total. The average Bonchev–Trinajstić information content (AvgIpc) is 3.38. The van der Waals surface area contributed by atoms with Crippen LogP contribution in [-0.4, -0.2) is 55.6 Å². The van der Waals surface area contributed by atoms with Crippen molar-refractivity contribution < 1.29 is 18.8 Å². The van der Waals surface area contributed by atoms with Crippen molar-refractivity contribution in [1.82, 2.24) is 25.0 Å². The quantitative estimate of drug-likeness (QED) is 0.698. The Morgan fingerprint density at radius 1 is 1.39 bits per heavy atom. The van der Waals surface area contributed by atoms with Gasteiger partial charge in [0.05, 0.1) is 28.7 Å². The molecule has 9 nitrogen and oxygen atoms in total. The summed E-state index contributed by atoms with van der Waals surface area (Å²) in [6.07, 6.45) is 1.54. The number of carbonyl (C=O) groups is 3. The van der Waals surface area contributed by atoms with E-state index >= 15 is 0 Å². The Kier molecular flexibility index (Phi) is 4.63. The Hall–Kier alpha value is -3.14. The van der Waals surface area contributed by atoms with Crippen molar-refractivity contribution in [3.8, 4) is 11.5 Å². The second-order valence-corrected chi connectivity index (χ2v) is 7.22. The Labute approximate surface area is 164 Å². The number of rotatable bonds is 5. The molecule has 0 bridgehead atoms. The number of fused-ring (bicyclic) bond motifs is 1. The lowest BCUT2D eigenvalue weighted by molar-refractivity contribution is -0.124. The van der Waals surface area contributed by atoms with Crippen LogP contribution in [0.5, 0.6) is 0 Å². The van der Waals surface area contributed by atoms with E-state index in [-0.39, 0.29) is 35.9 Å². The first-order chi connectivity index (χ1) is 13.5. The van der Waals surface area contributed by atoms with Gasteiger partial charge in [-0.25, -0.2) is 4.98 Å². The molecule has 4 heterocycles. The van der Waals surface area contributed by atoms with Gasteiger partial charge in [-0.05, 0) is 25.1 Å². The van der Waals surface area contributed by atoms with E-state index in [9.17, 15) is 14.4 Å². The van der Waals surface area contributed by atoms with E-state index in [1.54, 1.807) is 29.9 Å². The van der Waals surface area contributed by atoms with Crippen LogP contribution in [0.4, 0.5) is 4.79 Å². The number of nitrogens with one attached hydrogen (secondary N) is 1. The Bertz CT molecular complexity index is 1070. The van der Waals surface area contributed by atoms with Crippen LogP contribution in [-0.2, 0) is 11.8 Å². The molecule has 10 heteroatoms. The van der Waals surface area contributed by atoms with Gasteiger partial charge in [-0.15, -0.1) is 0 Å². The molecule has 0 aliphatic carbocycles. The summed E-state index contributed by atoms with van der Waals surface area (Å²) < 4.78 is 7.03. The molecule has 28 heavy (non-hydrogen) atoms. The molecule has 1 saturated heterocycles. The molecule has 4 rings (SSSR count). The minimum atomic E-state index is -0.331. The smallest absolute Gasteiger partial charge is 0.288 e. The van der Waals surface area contributed by atoms with Gasteiger partial charge in [0.1, 0.15) is 5.69 Å². The number of aryl methyl sites for hydroxylation is 2. The second kappa shape index (κ2) is 7.12. The summed E-state index contributed by atoms with van der Waals surface area (Å²) in [5, 5.41) is 7.51. The molecule has 0 spiro atoms. The van der Waals surface area contributed by atoms with Gasteiger partial charge in [0.2, 0.25) is 5.91 Å². The molecule has 1 fully saturated rings. The maximum atomic E-state index is 12.9. The molecule has 3 aromatic rings. The van der Waals surface area contributed by atoms with Crippen LogP contribution in [0.1, 0.15) is 16.1 Å². The van der Waals surface area contributed by atoms with E-state index in [1.165, 1.54) is 6.26 Å². The second-order valence-electron chi connectivity index (χ2n) is 6.30. The number of amides is 3. The third kappa shape index (κ3) is 3.15. The number of carbonyl (C=O) groups excluding carboxylic acids is 3. The average molecular weight is 399 g/mol. The highest BCUT2D eigenvalue weighted by atomic mass is 32.2. The van der Waals surface area contributed by atoms with Crippen molar-refractivity contribution in [2.45, 2.75) is 6.92 Å². The zero-order chi connectivity index (χ0) is 19.8. The maximum Gasteiger partial charge on any atom is 0.288 e. The van der Waals surface area contributed by atoms with E-state index in [0.717, 1.165) is 16.7 Å². The van der Waals surface area contributed by atoms with Crippen molar-refractivity contribution in [3.63, 3.8) is 0 Å². The maximum absolute atomic E-state index is 12.9. The van der Waals surface area contributed by atoms with Gasteiger partial charge in [-0.3, -0.25) is 24.0 Å². The summed E-state index contributed by atoms with van der Waals surface area (Å²) in [6.45, 7) is 2.12. The lowest BCUT2D eigenvalue weighted by Crippen LogP contribution is -2.37. The molecule has 1 aliphatic heterocycles. The summed E-state index contributed by atoms with van der Waals surface area (Å²) in [5.41, 5.74) is 2.18. The first-order valence-corrected chi connectivity index (χ1v) is 9.58. The van der Waals surface area contributed by atoms with E-state index in [0.29, 0.717) is 33.7 Å². The van der Waals surface area contributed by atoms with Crippen LogP contribution in [0.25, 0.3) is 22.5 Å². The van der Waals surface area contributed by atoms with Crippen molar-refractivity contribution in [3.05, 3.63) is 35.7 Å². The molecule has 1 aliphatic rings. The normalized spacial score (nSPS) is 14.3. The number of thioether (sulfide) groups is 1. The first kappa shape index (κ1) is 18.2. The van der Waals surface area contributed by atoms with Crippen LogP contribution in [0.15, 0.2) is 28.9 Å². The number of hydrogen-bond acceptors (Lipinski definition) is 7. The van der Waals surface area contributed by atoms with Crippen molar-refractivity contribution >= 4 is 39.8 Å². The van der Waals surface area contributed by atoms with Gasteiger partial charge < -0.3 is 9.73 Å². The highest BCUT2D eigenvalue weighted by molar-refractivity contribution is 8.14. The number of pyridine rings is 1. The topological polar surface area (TPSA) is 110 Å². The molecule has 144 valence electrons. The van der Waals surface area contributed by atoms with E-state index in [2.05, 4.69) is 15.4 Å². The summed E-state index contributed by atoms with van der Waals surface area (Å²) in [5.74, 6) is 0.126. The lowest BCUT2D eigenvalue weighted by Gasteiger charge is -2.13. The van der Waals surface area contributed by atoms with Gasteiger partial charge in [-0.2, -0.15) is 5.10 Å². The predicted molar refractivity (Wildman–Crippen MR) is 103 cm³/mol. The Morgan fingerprint density at radius 3 is 2.89 bits per heavy atom. The predicted octanol–water partition coefficient (Wildman–Crippen LogP) is 1.96. The highest BCUT2D eigenvalue weighted by Crippen LogP contribution is 2.27. The monoisotopic (exact) mass is 399 g/mol. The number of nitrogens with zero attached hydrogens (tertiary/aromatic N) is 4. The fourth-order valence-corrected chi connectivity index (χ4v) is 3.90. The number of hydrogen-bond donors (Lipinski definition) is 1. The minimum absolute atomic E-state index is 0.141. The molecule has 3 aromatic heterocycles. The van der Waals surface area contributed by atoms with Crippen LogP contribution >= 0.6 is 11.8 Å². The van der Waals surface area contributed by atoms with Crippen LogP contribution in [0, 0.1) is 6.92 Å². The Balaban J connectivity index is 1.62. The van der Waals surface area contributed by atoms with Gasteiger partial charge in [0, 0.05) is 20.1 Å². The standard InChI is InChI=1S/C18H17N5O4S/c1-10-15-11(17(25)19-5-6-23-14(24)9-28-18(23)26)8-12(13-4-3-7-27-13)20-16(15)22(2)21-10/h3-4,7-8H,5-6,9H2,1-2H3,(H,19,25). The van der Waals surface area contributed by atoms with Gasteiger partial charge in [-0.1, -0.05) is 11.8 Å². The number of aromatic nitrogens is 3. The molecule has 3 amide bonds. The largest absolute Gasteiger partial charge is 0.463 e. The molecule has 0 atom stereocenters. The van der Waals surface area contributed by atoms with E-state index in [4.69, 9.17) is 4.42 Å². The van der Waals surface area contributed by atoms with Crippen LogP contribution in [0.3, 0.4) is 0 Å². The first-order valence-electron chi connectivity index (χ1n) is 8.59. The fourth-order valence-electron chi connectivity index (χ4n) is 3.15. The molecule has 0 radical (unpaired) electrons. The van der Waals surface area contributed by atoms with Crippen LogP contribution < -0.4 is 5.32 Å². The number of furan rings is 1. The highest BCUT2D eigenvalue weighted by Gasteiger charge is 2.29. The van der Waals surface area contributed by atoms with E-state index in [1.807, 2.05) is 6.92 Å². The fraction of sp³-hybridized carbons (Fsp3) is 0.278. The summed E-state index contributed by atoms with van der Waals surface area (Å²) >= 11 is 0.971. The van der Waals surface area contributed by atoms with E-state index < -0.39 is 0 Å². The zero-order valence-electron chi connectivity index (χ0n) is 15.3. The zero-order valence-corrected chi connectivity index (χ0v) is 16.1. The molecular formula is C18H17N5O4S. The molecule has 0 saturated carbocycles. The Morgan fingerprint density at radius 2 is 2.21 bits per heavy atom. The number of imide groups is 1. The molecular weight excluding hydrogens is 382 g/mol. The third-order valence-electron chi connectivity index (χ3n) is 4.45. The van der Waals surface area contributed by atoms with Gasteiger partial charge >= 0.3 is 0 Å². The minimum Gasteiger partial charge on any atom is -0.463 e. The van der Waals surface area contributed by atoms with Gasteiger partial charge in [0.25, 0.3) is 11.1 Å². The van der Waals surface area contributed by atoms with Crippen molar-refractivity contribution in [1.29, 1.82) is 0 Å². The lowest BCUT2D eigenvalue weighted by atomic mass is 10.1. The van der Waals surface area contributed by atoms with Crippen molar-refractivity contribution in [2.75, 3.05) is 18.8 Å². The molecule has 0 aromatic carbocycles. The SMILES string of the molecule is Cc1nn(C)c2nc(-c3ccco3)cc(C(=O)NCCN3C(=O)CSC3=O)c12. The summed E-state index contributed by atoms with van der Waals surface area (Å²) in [4.78, 5) is 41.9. The van der Waals surface area contributed by atoms with Gasteiger partial charge in [0.15, 0.2) is 11.4 Å². The third-order valence-corrected chi connectivity index (χ3v) is 5.31. The summed E-state index contributed by atoms with van der Waals surface area (Å²) in [6, 6.07) is 5.17. The molecule has 0 unspecified atom stereocenters. The van der Waals surface area contributed by atoms with Crippen molar-refractivity contribution in [2.24, 2.45) is 7.05 Å².